The standard InChI is InChI=1S/C24H26N4O2/c1-3-18-9-11-21(12-10-18)27-16-20(14-23(27)29)24(30)25-22-13-17(2)26-28(22)15-19-7-5-4-6-8-19/h4-13,20H,3,14-16H2,1-2H3,(H,25,30). The van der Waals surface area contributed by atoms with Crippen LogP contribution < -0.4 is 10.2 Å². The summed E-state index contributed by atoms with van der Waals surface area (Å²) in [5, 5.41) is 7.49. The van der Waals surface area contributed by atoms with Crippen molar-refractivity contribution < 1.29 is 9.59 Å². The molecule has 1 aliphatic rings. The zero-order chi connectivity index (χ0) is 21.1. The molecule has 1 saturated heterocycles. The lowest BCUT2D eigenvalue weighted by Crippen LogP contribution is -2.28. The second-order valence-corrected chi connectivity index (χ2v) is 7.73. The third-order valence-corrected chi connectivity index (χ3v) is 5.48. The number of aromatic nitrogens is 2. The highest BCUT2D eigenvalue weighted by Crippen LogP contribution is 2.26. The number of hydrogen-bond acceptors (Lipinski definition) is 3. The number of benzene rings is 2. The largest absolute Gasteiger partial charge is 0.312 e. The molecule has 1 N–H and O–H groups in total. The van der Waals surface area contributed by atoms with E-state index >= 15 is 0 Å². The lowest BCUT2D eigenvalue weighted by Gasteiger charge is -2.17. The van der Waals surface area contributed by atoms with Gasteiger partial charge in [0.15, 0.2) is 0 Å². The fourth-order valence-electron chi connectivity index (χ4n) is 3.80. The summed E-state index contributed by atoms with van der Waals surface area (Å²) < 4.78 is 1.79. The molecule has 2 heterocycles. The van der Waals surface area contributed by atoms with Crippen molar-refractivity contribution in [3.05, 3.63) is 77.5 Å². The summed E-state index contributed by atoms with van der Waals surface area (Å²) in [6, 6.07) is 19.8. The minimum absolute atomic E-state index is 0.0200. The minimum Gasteiger partial charge on any atom is -0.312 e. The van der Waals surface area contributed by atoms with Crippen molar-refractivity contribution in [1.82, 2.24) is 9.78 Å². The highest BCUT2D eigenvalue weighted by atomic mass is 16.2. The Bertz CT molecular complexity index is 1040. The van der Waals surface area contributed by atoms with Gasteiger partial charge in [0, 0.05) is 24.7 Å². The zero-order valence-electron chi connectivity index (χ0n) is 17.3. The molecule has 1 unspecified atom stereocenters. The topological polar surface area (TPSA) is 67.2 Å². The Labute approximate surface area is 176 Å². The summed E-state index contributed by atoms with van der Waals surface area (Å²) in [6.45, 7) is 4.96. The fraction of sp³-hybridized carbons (Fsp3) is 0.292. The Morgan fingerprint density at radius 2 is 1.83 bits per heavy atom. The monoisotopic (exact) mass is 402 g/mol. The van der Waals surface area contributed by atoms with Gasteiger partial charge in [-0.1, -0.05) is 49.4 Å². The van der Waals surface area contributed by atoms with Crippen LogP contribution in [0, 0.1) is 12.8 Å². The number of anilines is 2. The fourth-order valence-corrected chi connectivity index (χ4v) is 3.80. The third kappa shape index (κ3) is 4.27. The maximum Gasteiger partial charge on any atom is 0.230 e. The average Bonchev–Trinajstić information content (AvgIpc) is 3.31. The normalized spacial score (nSPS) is 16.1. The quantitative estimate of drug-likeness (QED) is 0.682. The van der Waals surface area contributed by atoms with E-state index < -0.39 is 0 Å². The maximum atomic E-state index is 12.9. The Morgan fingerprint density at radius 3 is 2.53 bits per heavy atom. The molecule has 0 saturated carbocycles. The molecule has 0 radical (unpaired) electrons. The Morgan fingerprint density at radius 1 is 1.10 bits per heavy atom. The average molecular weight is 402 g/mol. The van der Waals surface area contributed by atoms with Crippen LogP contribution in [-0.2, 0) is 22.6 Å². The molecule has 1 aliphatic heterocycles. The van der Waals surface area contributed by atoms with Crippen LogP contribution in [0.5, 0.6) is 0 Å². The van der Waals surface area contributed by atoms with Crippen LogP contribution >= 0.6 is 0 Å². The van der Waals surface area contributed by atoms with E-state index in [9.17, 15) is 9.59 Å². The molecule has 1 fully saturated rings. The van der Waals surface area contributed by atoms with Gasteiger partial charge >= 0.3 is 0 Å². The smallest absolute Gasteiger partial charge is 0.230 e. The van der Waals surface area contributed by atoms with Crippen molar-refractivity contribution in [2.75, 3.05) is 16.8 Å². The lowest BCUT2D eigenvalue weighted by atomic mass is 10.1. The van der Waals surface area contributed by atoms with Crippen LogP contribution in [-0.4, -0.2) is 28.1 Å². The van der Waals surface area contributed by atoms with E-state index in [1.807, 2.05) is 67.6 Å². The molecule has 4 rings (SSSR count). The maximum absolute atomic E-state index is 12.9. The van der Waals surface area contributed by atoms with Crippen molar-refractivity contribution in [2.45, 2.75) is 33.2 Å². The van der Waals surface area contributed by atoms with Gasteiger partial charge in [0.2, 0.25) is 11.8 Å². The van der Waals surface area contributed by atoms with Crippen LogP contribution in [0.1, 0.15) is 30.2 Å². The molecule has 154 valence electrons. The van der Waals surface area contributed by atoms with Gasteiger partial charge in [0.1, 0.15) is 5.82 Å². The van der Waals surface area contributed by atoms with E-state index in [1.54, 1.807) is 9.58 Å². The van der Waals surface area contributed by atoms with Crippen molar-refractivity contribution in [2.24, 2.45) is 5.92 Å². The summed E-state index contributed by atoms with van der Waals surface area (Å²) >= 11 is 0. The van der Waals surface area contributed by atoms with Gasteiger partial charge in [-0.3, -0.25) is 9.59 Å². The van der Waals surface area contributed by atoms with Crippen molar-refractivity contribution in [1.29, 1.82) is 0 Å². The van der Waals surface area contributed by atoms with Crippen molar-refractivity contribution >= 4 is 23.3 Å². The van der Waals surface area contributed by atoms with Gasteiger partial charge in [-0.05, 0) is 36.6 Å². The first-order valence-corrected chi connectivity index (χ1v) is 10.3. The SMILES string of the molecule is CCc1ccc(N2CC(C(=O)Nc3cc(C)nn3Cc3ccccc3)CC2=O)cc1. The molecule has 1 aromatic heterocycles. The van der Waals surface area contributed by atoms with Gasteiger partial charge < -0.3 is 10.2 Å². The predicted molar refractivity (Wildman–Crippen MR) is 117 cm³/mol. The van der Waals surface area contributed by atoms with E-state index in [0.717, 1.165) is 23.4 Å². The highest BCUT2D eigenvalue weighted by Gasteiger charge is 2.35. The second-order valence-electron chi connectivity index (χ2n) is 7.73. The number of amides is 2. The Kier molecular flexibility index (Phi) is 5.65. The first-order valence-electron chi connectivity index (χ1n) is 10.3. The Balaban J connectivity index is 1.45. The number of hydrogen-bond donors (Lipinski definition) is 1. The van der Waals surface area contributed by atoms with E-state index in [-0.39, 0.29) is 24.2 Å². The van der Waals surface area contributed by atoms with E-state index in [2.05, 4.69) is 17.3 Å². The van der Waals surface area contributed by atoms with Crippen LogP contribution in [0.15, 0.2) is 60.7 Å². The summed E-state index contributed by atoms with van der Waals surface area (Å²) in [5.41, 5.74) is 4.01. The minimum atomic E-state index is -0.385. The molecule has 3 aromatic rings. The number of nitrogens with zero attached hydrogens (tertiary/aromatic N) is 3. The molecule has 0 bridgehead atoms. The molecule has 0 spiro atoms. The van der Waals surface area contributed by atoms with Gasteiger partial charge in [-0.2, -0.15) is 5.10 Å². The van der Waals surface area contributed by atoms with Gasteiger partial charge in [0.05, 0.1) is 18.2 Å². The van der Waals surface area contributed by atoms with Crippen molar-refractivity contribution in [3.8, 4) is 0 Å². The molecular weight excluding hydrogens is 376 g/mol. The zero-order valence-corrected chi connectivity index (χ0v) is 17.3. The number of nitrogens with one attached hydrogen (secondary N) is 1. The van der Waals surface area contributed by atoms with Gasteiger partial charge in [0.25, 0.3) is 0 Å². The van der Waals surface area contributed by atoms with Crippen LogP contribution in [0.2, 0.25) is 0 Å². The molecule has 1 atom stereocenters. The summed E-state index contributed by atoms with van der Waals surface area (Å²) in [6.07, 6.45) is 1.17. The molecule has 0 aliphatic carbocycles. The molecule has 6 nitrogen and oxygen atoms in total. The predicted octanol–water partition coefficient (Wildman–Crippen LogP) is 3.79. The van der Waals surface area contributed by atoms with Crippen LogP contribution in [0.25, 0.3) is 0 Å². The van der Waals surface area contributed by atoms with E-state index in [4.69, 9.17) is 0 Å². The Hall–Kier alpha value is -3.41. The van der Waals surface area contributed by atoms with Crippen molar-refractivity contribution in [3.63, 3.8) is 0 Å². The van der Waals surface area contributed by atoms with Gasteiger partial charge in [-0.25, -0.2) is 4.68 Å². The molecule has 6 heteroatoms. The van der Waals surface area contributed by atoms with E-state index in [0.29, 0.717) is 18.9 Å². The highest BCUT2D eigenvalue weighted by molar-refractivity contribution is 6.03. The molecular formula is C24H26N4O2. The number of aryl methyl sites for hydroxylation is 2. The first kappa shape index (κ1) is 19.9. The molecule has 2 amide bonds. The van der Waals surface area contributed by atoms with E-state index in [1.165, 1.54) is 5.56 Å². The number of rotatable bonds is 6. The molecule has 30 heavy (non-hydrogen) atoms. The van der Waals surface area contributed by atoms with Crippen LogP contribution in [0.4, 0.5) is 11.5 Å². The number of carbonyl (C=O) groups is 2. The molecule has 2 aromatic carbocycles. The number of carbonyl (C=O) groups excluding carboxylic acids is 2. The first-order chi connectivity index (χ1) is 14.5. The lowest BCUT2D eigenvalue weighted by molar-refractivity contribution is -0.122. The third-order valence-electron chi connectivity index (χ3n) is 5.48. The summed E-state index contributed by atoms with van der Waals surface area (Å²) in [7, 11) is 0. The second kappa shape index (κ2) is 8.53. The summed E-state index contributed by atoms with van der Waals surface area (Å²) in [5.74, 6) is 0.0990. The van der Waals surface area contributed by atoms with Crippen LogP contribution in [0.3, 0.4) is 0 Å². The summed E-state index contributed by atoms with van der Waals surface area (Å²) in [4.78, 5) is 27.2. The van der Waals surface area contributed by atoms with Gasteiger partial charge in [-0.15, -0.1) is 0 Å².